The Morgan fingerprint density at radius 2 is 2.05 bits per heavy atom. The number of hydrogen-bond donors (Lipinski definition) is 0. The van der Waals surface area contributed by atoms with Crippen LogP contribution in [0.1, 0.15) is 46.5 Å². The molecule has 0 saturated carbocycles. The molecule has 3 aliphatic heterocycles. The standard InChI is InChI=1S/C16H26N2O2S2/c1-16(2,3)20-15(19)18-12-4-5-13(18)9-11(8-12)10-22-14-17-6-7-21-14/h11-13H,4-10H2,1-3H3. The predicted octanol–water partition coefficient (Wildman–Crippen LogP) is 4.00. The Balaban J connectivity index is 1.53. The highest BCUT2D eigenvalue weighted by atomic mass is 32.2. The van der Waals surface area contributed by atoms with Crippen LogP contribution in [0.25, 0.3) is 0 Å². The van der Waals surface area contributed by atoms with Crippen molar-refractivity contribution in [2.75, 3.05) is 18.1 Å². The van der Waals surface area contributed by atoms with Gasteiger partial charge in [0.1, 0.15) is 9.98 Å². The number of fused-ring (bicyclic) bond motifs is 2. The van der Waals surface area contributed by atoms with Gasteiger partial charge in [0.15, 0.2) is 0 Å². The maximum atomic E-state index is 12.4. The van der Waals surface area contributed by atoms with Crippen molar-refractivity contribution < 1.29 is 9.53 Å². The molecule has 2 unspecified atom stereocenters. The van der Waals surface area contributed by atoms with E-state index in [-0.39, 0.29) is 6.09 Å². The third-order valence-electron chi connectivity index (χ3n) is 4.44. The fraction of sp³-hybridized carbons (Fsp3) is 0.875. The minimum atomic E-state index is -0.402. The van der Waals surface area contributed by atoms with E-state index in [4.69, 9.17) is 4.74 Å². The Morgan fingerprint density at radius 1 is 1.36 bits per heavy atom. The molecule has 0 aliphatic carbocycles. The Hall–Kier alpha value is -0.360. The number of ether oxygens (including phenoxy) is 1. The van der Waals surface area contributed by atoms with Crippen LogP contribution in [0.3, 0.4) is 0 Å². The summed E-state index contributed by atoms with van der Waals surface area (Å²) in [6.45, 7) is 6.80. The number of rotatable bonds is 2. The predicted molar refractivity (Wildman–Crippen MR) is 94.8 cm³/mol. The second-order valence-corrected chi connectivity index (χ2v) is 9.77. The van der Waals surface area contributed by atoms with Crippen LogP contribution in [0.4, 0.5) is 4.79 Å². The maximum Gasteiger partial charge on any atom is 0.410 e. The van der Waals surface area contributed by atoms with Gasteiger partial charge in [-0.25, -0.2) is 4.79 Å². The Labute approximate surface area is 141 Å². The number of aliphatic imine (C=N–C) groups is 1. The highest BCUT2D eigenvalue weighted by molar-refractivity contribution is 8.39. The van der Waals surface area contributed by atoms with Gasteiger partial charge in [0.25, 0.3) is 0 Å². The molecule has 3 rings (SSSR count). The van der Waals surface area contributed by atoms with E-state index in [1.54, 1.807) is 0 Å². The van der Waals surface area contributed by atoms with E-state index < -0.39 is 5.60 Å². The van der Waals surface area contributed by atoms with E-state index in [0.29, 0.717) is 18.0 Å². The molecule has 0 spiro atoms. The van der Waals surface area contributed by atoms with Crippen LogP contribution in [-0.2, 0) is 4.74 Å². The number of piperidine rings is 1. The topological polar surface area (TPSA) is 41.9 Å². The molecule has 3 heterocycles. The van der Waals surface area contributed by atoms with E-state index >= 15 is 0 Å². The first-order valence-corrected chi connectivity index (χ1v) is 10.2. The van der Waals surface area contributed by atoms with Gasteiger partial charge in [0.2, 0.25) is 0 Å². The summed E-state index contributed by atoms with van der Waals surface area (Å²) in [5.74, 6) is 3.01. The van der Waals surface area contributed by atoms with Crippen molar-refractivity contribution in [1.29, 1.82) is 0 Å². The van der Waals surface area contributed by atoms with Crippen LogP contribution < -0.4 is 0 Å². The molecule has 3 aliphatic rings. The highest BCUT2D eigenvalue weighted by Crippen LogP contribution is 2.41. The molecule has 124 valence electrons. The minimum absolute atomic E-state index is 0.109. The largest absolute Gasteiger partial charge is 0.444 e. The lowest BCUT2D eigenvalue weighted by molar-refractivity contribution is 0.00341. The number of carbonyl (C=O) groups is 1. The third kappa shape index (κ3) is 3.94. The zero-order chi connectivity index (χ0) is 15.7. The van der Waals surface area contributed by atoms with Gasteiger partial charge in [-0.15, -0.1) is 0 Å². The molecule has 2 fully saturated rings. The van der Waals surface area contributed by atoms with Crippen molar-refractivity contribution in [3.05, 3.63) is 0 Å². The smallest absolute Gasteiger partial charge is 0.410 e. The van der Waals surface area contributed by atoms with Crippen molar-refractivity contribution in [2.45, 2.75) is 64.1 Å². The molecule has 6 heteroatoms. The second-order valence-electron chi connectivity index (χ2n) is 7.42. The molecule has 0 aromatic carbocycles. The zero-order valence-electron chi connectivity index (χ0n) is 13.7. The third-order valence-corrected chi connectivity index (χ3v) is 6.92. The summed E-state index contributed by atoms with van der Waals surface area (Å²) in [4.78, 5) is 19.0. The first-order chi connectivity index (χ1) is 10.4. The van der Waals surface area contributed by atoms with Gasteiger partial charge >= 0.3 is 6.09 Å². The van der Waals surface area contributed by atoms with Gasteiger partial charge in [0.05, 0.1) is 6.54 Å². The van der Waals surface area contributed by atoms with Crippen molar-refractivity contribution in [1.82, 2.24) is 4.90 Å². The van der Waals surface area contributed by atoms with Gasteiger partial charge in [-0.1, -0.05) is 23.5 Å². The summed E-state index contributed by atoms with van der Waals surface area (Å²) in [6, 6.07) is 0.773. The number of thioether (sulfide) groups is 2. The van der Waals surface area contributed by atoms with Gasteiger partial charge in [-0.2, -0.15) is 0 Å². The molecule has 0 radical (unpaired) electrons. The van der Waals surface area contributed by atoms with Gasteiger partial charge in [-0.05, 0) is 52.4 Å². The molecule has 22 heavy (non-hydrogen) atoms. The Kier molecular flexibility index (Phi) is 4.98. The number of nitrogens with zero attached hydrogens (tertiary/aromatic N) is 2. The average Bonchev–Trinajstić information content (AvgIpc) is 3.01. The van der Waals surface area contributed by atoms with E-state index in [2.05, 4.69) is 4.99 Å². The first kappa shape index (κ1) is 16.5. The van der Waals surface area contributed by atoms with E-state index in [0.717, 1.165) is 43.7 Å². The molecule has 2 atom stereocenters. The van der Waals surface area contributed by atoms with Gasteiger partial charge in [-0.3, -0.25) is 4.99 Å². The van der Waals surface area contributed by atoms with Crippen LogP contribution >= 0.6 is 23.5 Å². The Bertz CT molecular complexity index is 448. The number of amides is 1. The first-order valence-electron chi connectivity index (χ1n) is 8.24. The van der Waals surface area contributed by atoms with Crippen molar-refractivity contribution >= 4 is 34.0 Å². The normalized spacial score (nSPS) is 31.3. The van der Waals surface area contributed by atoms with Crippen LogP contribution in [0, 0.1) is 5.92 Å². The molecule has 2 saturated heterocycles. The molecule has 0 aromatic rings. The minimum Gasteiger partial charge on any atom is -0.444 e. The van der Waals surface area contributed by atoms with Crippen molar-refractivity contribution in [2.24, 2.45) is 10.9 Å². The molecular weight excluding hydrogens is 316 g/mol. The molecular formula is C16H26N2O2S2. The molecule has 4 nitrogen and oxygen atoms in total. The maximum absolute atomic E-state index is 12.4. The van der Waals surface area contributed by atoms with Crippen molar-refractivity contribution in [3.8, 4) is 0 Å². The number of carbonyl (C=O) groups excluding carboxylic acids is 1. The molecule has 0 aromatic heterocycles. The van der Waals surface area contributed by atoms with E-state index in [9.17, 15) is 4.79 Å². The summed E-state index contributed by atoms with van der Waals surface area (Å²) in [6.07, 6.45) is 4.42. The Morgan fingerprint density at radius 3 is 2.59 bits per heavy atom. The molecule has 0 N–H and O–H groups in total. The molecule has 1 amide bonds. The van der Waals surface area contributed by atoms with Crippen LogP contribution in [0.15, 0.2) is 4.99 Å². The van der Waals surface area contributed by atoms with Crippen molar-refractivity contribution in [3.63, 3.8) is 0 Å². The van der Waals surface area contributed by atoms with Crippen LogP contribution in [0.2, 0.25) is 0 Å². The lowest BCUT2D eigenvalue weighted by Gasteiger charge is -2.39. The monoisotopic (exact) mass is 342 g/mol. The fourth-order valence-corrected chi connectivity index (χ4v) is 5.79. The molecule has 2 bridgehead atoms. The average molecular weight is 343 g/mol. The zero-order valence-corrected chi connectivity index (χ0v) is 15.3. The summed E-state index contributed by atoms with van der Waals surface area (Å²) in [7, 11) is 0. The number of hydrogen-bond acceptors (Lipinski definition) is 5. The SMILES string of the molecule is CC(C)(C)OC(=O)N1C2CCC1CC(CSC1=NCCS1)C2. The quantitative estimate of drug-likeness (QED) is 0.760. The second kappa shape index (κ2) is 6.63. The van der Waals surface area contributed by atoms with Gasteiger partial charge < -0.3 is 9.64 Å². The van der Waals surface area contributed by atoms with E-state index in [1.165, 1.54) is 4.38 Å². The van der Waals surface area contributed by atoms with Crippen LogP contribution in [-0.4, -0.2) is 51.1 Å². The van der Waals surface area contributed by atoms with Crippen LogP contribution in [0.5, 0.6) is 0 Å². The fourth-order valence-electron chi connectivity index (χ4n) is 3.63. The summed E-state index contributed by atoms with van der Waals surface area (Å²) in [5, 5.41) is 0. The van der Waals surface area contributed by atoms with Gasteiger partial charge in [0, 0.05) is 23.6 Å². The lowest BCUT2D eigenvalue weighted by atomic mass is 9.92. The summed E-state index contributed by atoms with van der Waals surface area (Å²) in [5.41, 5.74) is -0.402. The highest BCUT2D eigenvalue weighted by Gasteiger charge is 2.44. The summed E-state index contributed by atoms with van der Waals surface area (Å²) < 4.78 is 6.86. The summed E-state index contributed by atoms with van der Waals surface area (Å²) >= 11 is 3.81. The lowest BCUT2D eigenvalue weighted by Crippen LogP contribution is -2.48. The van der Waals surface area contributed by atoms with E-state index in [1.807, 2.05) is 49.2 Å².